The minimum Gasteiger partial charge on any atom is -0.380 e. The zero-order valence-corrected chi connectivity index (χ0v) is 11.2. The van der Waals surface area contributed by atoms with Crippen molar-refractivity contribution in [2.75, 3.05) is 26.7 Å². The Hall–Kier alpha value is -1.39. The average molecular weight is 250 g/mol. The summed E-state index contributed by atoms with van der Waals surface area (Å²) >= 11 is 0. The lowest BCUT2D eigenvalue weighted by Crippen LogP contribution is -2.32. The van der Waals surface area contributed by atoms with Crippen molar-refractivity contribution in [1.29, 1.82) is 0 Å². The highest BCUT2D eigenvalue weighted by Gasteiger charge is 2.03. The summed E-state index contributed by atoms with van der Waals surface area (Å²) in [4.78, 5) is 11.8. The first-order valence-electron chi connectivity index (χ1n) is 6.34. The van der Waals surface area contributed by atoms with Crippen LogP contribution in [0, 0.1) is 0 Å². The van der Waals surface area contributed by atoms with Crippen LogP contribution < -0.4 is 10.6 Å². The summed E-state index contributed by atoms with van der Waals surface area (Å²) in [6, 6.07) is 7.47. The number of nitrogens with one attached hydrogen (secondary N) is 2. The molecule has 1 aromatic carbocycles. The van der Waals surface area contributed by atoms with E-state index in [9.17, 15) is 4.79 Å². The molecular weight excluding hydrogens is 228 g/mol. The Labute approximate surface area is 109 Å². The standard InChI is InChI=1S/C14H22N2O2/c1-3-8-15-9-10-16-14(17)13-6-4-12(5-7-13)11-18-2/h4-7,15H,3,8-11H2,1-2H3,(H,16,17). The highest BCUT2D eigenvalue weighted by atomic mass is 16.5. The minimum atomic E-state index is -0.0303. The fourth-order valence-electron chi connectivity index (χ4n) is 1.59. The highest BCUT2D eigenvalue weighted by molar-refractivity contribution is 5.94. The van der Waals surface area contributed by atoms with Gasteiger partial charge < -0.3 is 15.4 Å². The van der Waals surface area contributed by atoms with Gasteiger partial charge in [0.2, 0.25) is 0 Å². The topological polar surface area (TPSA) is 50.4 Å². The third-order valence-corrected chi connectivity index (χ3v) is 2.54. The number of amides is 1. The van der Waals surface area contributed by atoms with Crippen LogP contribution in [0.5, 0.6) is 0 Å². The largest absolute Gasteiger partial charge is 0.380 e. The molecule has 0 aliphatic rings. The van der Waals surface area contributed by atoms with Gasteiger partial charge in [-0.05, 0) is 30.7 Å². The van der Waals surface area contributed by atoms with Gasteiger partial charge >= 0.3 is 0 Å². The van der Waals surface area contributed by atoms with E-state index in [0.29, 0.717) is 18.7 Å². The van der Waals surface area contributed by atoms with Crippen molar-refractivity contribution >= 4 is 5.91 Å². The predicted molar refractivity (Wildman–Crippen MR) is 72.6 cm³/mol. The SMILES string of the molecule is CCCNCCNC(=O)c1ccc(COC)cc1. The highest BCUT2D eigenvalue weighted by Crippen LogP contribution is 2.05. The summed E-state index contributed by atoms with van der Waals surface area (Å²) < 4.78 is 5.02. The van der Waals surface area contributed by atoms with E-state index >= 15 is 0 Å². The summed E-state index contributed by atoms with van der Waals surface area (Å²) in [7, 11) is 1.66. The third-order valence-electron chi connectivity index (χ3n) is 2.54. The molecule has 0 spiro atoms. The molecule has 0 saturated carbocycles. The number of rotatable bonds is 8. The molecule has 4 nitrogen and oxygen atoms in total. The van der Waals surface area contributed by atoms with Crippen molar-refractivity contribution in [3.8, 4) is 0 Å². The van der Waals surface area contributed by atoms with Gasteiger partial charge in [-0.3, -0.25) is 4.79 Å². The molecule has 1 aromatic rings. The average Bonchev–Trinajstić information content (AvgIpc) is 2.39. The molecule has 0 heterocycles. The summed E-state index contributed by atoms with van der Waals surface area (Å²) in [6.45, 7) is 5.14. The molecule has 4 heteroatoms. The Morgan fingerprint density at radius 2 is 1.89 bits per heavy atom. The quantitative estimate of drug-likeness (QED) is 0.688. The summed E-state index contributed by atoms with van der Waals surface area (Å²) in [6.07, 6.45) is 1.11. The number of hydrogen-bond acceptors (Lipinski definition) is 3. The molecule has 1 rings (SSSR count). The third kappa shape index (κ3) is 5.29. The van der Waals surface area contributed by atoms with Gasteiger partial charge in [0.1, 0.15) is 0 Å². The van der Waals surface area contributed by atoms with Crippen LogP contribution in [0.25, 0.3) is 0 Å². The maximum atomic E-state index is 11.8. The zero-order valence-electron chi connectivity index (χ0n) is 11.2. The van der Waals surface area contributed by atoms with Crippen LogP contribution in [-0.4, -0.2) is 32.7 Å². The van der Waals surface area contributed by atoms with Gasteiger partial charge in [-0.1, -0.05) is 19.1 Å². The molecule has 0 aliphatic carbocycles. The fraction of sp³-hybridized carbons (Fsp3) is 0.500. The minimum absolute atomic E-state index is 0.0303. The van der Waals surface area contributed by atoms with E-state index in [1.54, 1.807) is 7.11 Å². The van der Waals surface area contributed by atoms with Crippen molar-refractivity contribution in [1.82, 2.24) is 10.6 Å². The number of ether oxygens (including phenoxy) is 1. The van der Waals surface area contributed by atoms with E-state index < -0.39 is 0 Å². The van der Waals surface area contributed by atoms with Gasteiger partial charge in [-0.25, -0.2) is 0 Å². The summed E-state index contributed by atoms with van der Waals surface area (Å²) in [5, 5.41) is 6.11. The van der Waals surface area contributed by atoms with E-state index in [1.807, 2.05) is 24.3 Å². The fourth-order valence-corrected chi connectivity index (χ4v) is 1.59. The number of carbonyl (C=O) groups excluding carboxylic acids is 1. The Morgan fingerprint density at radius 1 is 1.17 bits per heavy atom. The van der Waals surface area contributed by atoms with Crippen LogP contribution in [0.3, 0.4) is 0 Å². The Kier molecular flexibility index (Phi) is 7.06. The van der Waals surface area contributed by atoms with Gasteiger partial charge in [0.15, 0.2) is 0 Å². The second-order valence-corrected chi connectivity index (χ2v) is 4.14. The van der Waals surface area contributed by atoms with Crippen LogP contribution in [-0.2, 0) is 11.3 Å². The molecule has 0 saturated heterocycles. The molecule has 0 bridgehead atoms. The van der Waals surface area contributed by atoms with Crippen molar-refractivity contribution < 1.29 is 9.53 Å². The molecule has 0 aromatic heterocycles. The molecular formula is C14H22N2O2. The van der Waals surface area contributed by atoms with Crippen molar-refractivity contribution in [3.05, 3.63) is 35.4 Å². The van der Waals surface area contributed by atoms with Crippen LogP contribution in [0.15, 0.2) is 24.3 Å². The predicted octanol–water partition coefficient (Wildman–Crippen LogP) is 1.56. The van der Waals surface area contributed by atoms with E-state index in [4.69, 9.17) is 4.74 Å². The molecule has 0 fully saturated rings. The van der Waals surface area contributed by atoms with Crippen molar-refractivity contribution in [2.45, 2.75) is 20.0 Å². The van der Waals surface area contributed by atoms with Crippen LogP contribution >= 0.6 is 0 Å². The van der Waals surface area contributed by atoms with Gasteiger partial charge in [-0.15, -0.1) is 0 Å². The molecule has 18 heavy (non-hydrogen) atoms. The van der Waals surface area contributed by atoms with Crippen LogP contribution in [0.2, 0.25) is 0 Å². The zero-order chi connectivity index (χ0) is 13.2. The lowest BCUT2D eigenvalue weighted by atomic mass is 10.1. The normalized spacial score (nSPS) is 10.3. The first kappa shape index (κ1) is 14.7. The number of methoxy groups -OCH3 is 1. The molecule has 100 valence electrons. The van der Waals surface area contributed by atoms with Crippen LogP contribution in [0.1, 0.15) is 29.3 Å². The van der Waals surface area contributed by atoms with Crippen molar-refractivity contribution in [2.24, 2.45) is 0 Å². The van der Waals surface area contributed by atoms with Gasteiger partial charge in [0.05, 0.1) is 6.61 Å². The van der Waals surface area contributed by atoms with Crippen LogP contribution in [0.4, 0.5) is 0 Å². The number of hydrogen-bond donors (Lipinski definition) is 2. The Balaban J connectivity index is 2.32. The Bertz CT molecular complexity index is 349. The molecule has 2 N–H and O–H groups in total. The summed E-state index contributed by atoms with van der Waals surface area (Å²) in [5.74, 6) is -0.0303. The molecule has 1 amide bonds. The maximum Gasteiger partial charge on any atom is 0.251 e. The van der Waals surface area contributed by atoms with E-state index in [0.717, 1.165) is 25.1 Å². The smallest absolute Gasteiger partial charge is 0.251 e. The van der Waals surface area contributed by atoms with Gasteiger partial charge in [0.25, 0.3) is 5.91 Å². The van der Waals surface area contributed by atoms with Gasteiger partial charge in [-0.2, -0.15) is 0 Å². The molecule has 0 atom stereocenters. The molecule has 0 aliphatic heterocycles. The second-order valence-electron chi connectivity index (χ2n) is 4.14. The lowest BCUT2D eigenvalue weighted by Gasteiger charge is -2.07. The van der Waals surface area contributed by atoms with Gasteiger partial charge in [0, 0.05) is 25.8 Å². The molecule has 0 unspecified atom stereocenters. The van der Waals surface area contributed by atoms with E-state index in [2.05, 4.69) is 17.6 Å². The summed E-state index contributed by atoms with van der Waals surface area (Å²) in [5.41, 5.74) is 1.75. The first-order valence-corrected chi connectivity index (χ1v) is 6.34. The monoisotopic (exact) mass is 250 g/mol. The first-order chi connectivity index (χ1) is 8.77. The maximum absolute atomic E-state index is 11.8. The second kappa shape index (κ2) is 8.66. The number of benzene rings is 1. The Morgan fingerprint density at radius 3 is 2.50 bits per heavy atom. The lowest BCUT2D eigenvalue weighted by molar-refractivity contribution is 0.0954. The van der Waals surface area contributed by atoms with Crippen molar-refractivity contribution in [3.63, 3.8) is 0 Å². The number of carbonyl (C=O) groups is 1. The van der Waals surface area contributed by atoms with E-state index in [1.165, 1.54) is 0 Å². The van der Waals surface area contributed by atoms with E-state index in [-0.39, 0.29) is 5.91 Å². The molecule has 0 radical (unpaired) electrons.